The highest BCUT2D eigenvalue weighted by Crippen LogP contribution is 2.78. The number of benzene rings is 3. The molecule has 4 heteroatoms. The molecule has 1 unspecified atom stereocenters. The van der Waals surface area contributed by atoms with E-state index in [0.29, 0.717) is 0 Å². The second kappa shape index (κ2) is 7.19. The zero-order valence-corrected chi connectivity index (χ0v) is 19.8. The molecule has 142 valence electrons. The number of hydrogen-bond donors (Lipinski definition) is 0. The Morgan fingerprint density at radius 1 is 0.714 bits per heavy atom. The van der Waals surface area contributed by atoms with Crippen molar-refractivity contribution < 1.29 is 0 Å². The molecule has 0 spiro atoms. The second-order valence-corrected chi connectivity index (χ2v) is 18.0. The highest BCUT2D eigenvalue weighted by atomic mass is 32.5. The fourth-order valence-electron chi connectivity index (χ4n) is 3.93. The van der Waals surface area contributed by atoms with Gasteiger partial charge in [0.15, 0.2) is 0 Å². The van der Waals surface area contributed by atoms with E-state index < -0.39 is 12.1 Å². The molecule has 1 aliphatic heterocycles. The quantitative estimate of drug-likeness (QED) is 0.458. The van der Waals surface area contributed by atoms with E-state index in [1.165, 1.54) is 26.5 Å². The highest BCUT2D eigenvalue weighted by Gasteiger charge is 2.47. The average molecular weight is 439 g/mol. The summed E-state index contributed by atoms with van der Waals surface area (Å²) in [5, 5.41) is 5.08. The number of hydrogen-bond acceptors (Lipinski definition) is 2. The molecule has 0 aliphatic carbocycles. The van der Waals surface area contributed by atoms with Crippen molar-refractivity contribution in [1.29, 1.82) is 0 Å². The standard InChI is InChI=1S/C24H24P2S2/c1-24(2,3)26(28)22-17-11-10-12-19(22)18-23(26)25(27,20-13-6-4-7-14-20)21-15-8-5-9-16-21/h4-18H,1-3H3. The minimum absolute atomic E-state index is 0.0333. The van der Waals surface area contributed by atoms with Gasteiger partial charge in [-0.05, 0) is 32.7 Å². The highest BCUT2D eigenvalue weighted by molar-refractivity contribution is 8.34. The molecule has 0 saturated heterocycles. The van der Waals surface area contributed by atoms with Gasteiger partial charge in [0.1, 0.15) is 0 Å². The van der Waals surface area contributed by atoms with E-state index in [-0.39, 0.29) is 5.16 Å². The first-order chi connectivity index (χ1) is 13.3. The fourth-order valence-corrected chi connectivity index (χ4v) is 16.8. The van der Waals surface area contributed by atoms with Crippen molar-refractivity contribution in [3.63, 3.8) is 0 Å². The molecule has 1 atom stereocenters. The first-order valence-corrected chi connectivity index (χ1v) is 15.0. The van der Waals surface area contributed by atoms with E-state index in [1.807, 2.05) is 0 Å². The lowest BCUT2D eigenvalue weighted by molar-refractivity contribution is 0.791. The van der Waals surface area contributed by atoms with Gasteiger partial charge in [-0.25, -0.2) is 0 Å². The normalized spacial score (nSPS) is 19.2. The maximum Gasteiger partial charge on any atom is 0.0394 e. The van der Waals surface area contributed by atoms with Gasteiger partial charge in [-0.1, -0.05) is 129 Å². The Morgan fingerprint density at radius 3 is 1.68 bits per heavy atom. The van der Waals surface area contributed by atoms with Crippen LogP contribution in [0.2, 0.25) is 0 Å². The van der Waals surface area contributed by atoms with Crippen LogP contribution in [-0.2, 0) is 23.6 Å². The van der Waals surface area contributed by atoms with E-state index >= 15 is 0 Å². The van der Waals surface area contributed by atoms with Gasteiger partial charge in [0.25, 0.3) is 0 Å². The molecule has 3 aromatic rings. The molecule has 28 heavy (non-hydrogen) atoms. The Labute approximate surface area is 178 Å². The predicted octanol–water partition coefficient (Wildman–Crippen LogP) is 6.03. The third-order valence-corrected chi connectivity index (χ3v) is 19.3. The maximum atomic E-state index is 6.66. The molecule has 0 amide bonds. The molecule has 0 N–H and O–H groups in total. The van der Waals surface area contributed by atoms with Gasteiger partial charge in [0, 0.05) is 17.1 Å². The molecule has 0 radical (unpaired) electrons. The van der Waals surface area contributed by atoms with Crippen LogP contribution >= 0.6 is 12.1 Å². The minimum Gasteiger partial charge on any atom is -0.0869 e. The summed E-state index contributed by atoms with van der Waals surface area (Å²) in [6, 6.07) is 25.7. The van der Waals surface area contributed by atoms with Crippen LogP contribution in [0.15, 0.2) is 90.0 Å². The van der Waals surface area contributed by atoms with Crippen molar-refractivity contribution >= 4 is 57.7 Å². The third-order valence-electron chi connectivity index (χ3n) is 5.39. The summed E-state index contributed by atoms with van der Waals surface area (Å²) in [7, 11) is 0. The zero-order valence-electron chi connectivity index (χ0n) is 16.4. The first-order valence-electron chi connectivity index (χ1n) is 9.43. The summed E-state index contributed by atoms with van der Waals surface area (Å²) in [6.45, 7) is 6.87. The van der Waals surface area contributed by atoms with Crippen LogP contribution in [0.3, 0.4) is 0 Å². The van der Waals surface area contributed by atoms with Gasteiger partial charge in [-0.15, -0.1) is 0 Å². The van der Waals surface area contributed by atoms with Crippen LogP contribution in [0.25, 0.3) is 6.08 Å². The van der Waals surface area contributed by atoms with Gasteiger partial charge < -0.3 is 0 Å². The molecule has 1 aliphatic rings. The van der Waals surface area contributed by atoms with E-state index in [4.69, 9.17) is 23.6 Å². The molecule has 0 bridgehead atoms. The smallest absolute Gasteiger partial charge is 0.0394 e. The van der Waals surface area contributed by atoms with Crippen molar-refractivity contribution in [2.75, 3.05) is 0 Å². The van der Waals surface area contributed by atoms with E-state index in [0.717, 1.165) is 0 Å². The molecule has 4 rings (SSSR count). The van der Waals surface area contributed by atoms with Crippen LogP contribution in [-0.4, -0.2) is 5.16 Å². The average Bonchev–Trinajstić information content (AvgIpc) is 3.03. The Morgan fingerprint density at radius 2 is 1.18 bits per heavy atom. The van der Waals surface area contributed by atoms with Crippen LogP contribution in [0.4, 0.5) is 0 Å². The lowest BCUT2D eigenvalue weighted by atomic mass is 10.2. The predicted molar refractivity (Wildman–Crippen MR) is 135 cm³/mol. The van der Waals surface area contributed by atoms with Gasteiger partial charge in [-0.2, -0.15) is 0 Å². The number of fused-ring (bicyclic) bond motifs is 1. The summed E-state index contributed by atoms with van der Waals surface area (Å²) >= 11 is 13.3. The molecular weight excluding hydrogens is 414 g/mol. The van der Waals surface area contributed by atoms with Gasteiger partial charge in [0.05, 0.1) is 0 Å². The lowest BCUT2D eigenvalue weighted by Crippen LogP contribution is -2.26. The van der Waals surface area contributed by atoms with Crippen molar-refractivity contribution in [2.45, 2.75) is 25.9 Å². The van der Waals surface area contributed by atoms with Gasteiger partial charge in [-0.3, -0.25) is 0 Å². The Kier molecular flexibility index (Phi) is 5.13. The van der Waals surface area contributed by atoms with Crippen LogP contribution in [0, 0.1) is 0 Å². The van der Waals surface area contributed by atoms with Crippen LogP contribution in [0.1, 0.15) is 26.3 Å². The second-order valence-electron chi connectivity index (χ2n) is 8.12. The van der Waals surface area contributed by atoms with Gasteiger partial charge in [0.2, 0.25) is 0 Å². The summed E-state index contributed by atoms with van der Waals surface area (Å²) in [5.74, 6) is 0. The topological polar surface area (TPSA) is 0 Å². The molecule has 0 saturated carbocycles. The fraction of sp³-hybridized carbons (Fsp3) is 0.167. The molecule has 0 aromatic heterocycles. The van der Waals surface area contributed by atoms with Crippen molar-refractivity contribution in [3.8, 4) is 0 Å². The van der Waals surface area contributed by atoms with E-state index in [2.05, 4.69) is 112 Å². The van der Waals surface area contributed by atoms with E-state index in [9.17, 15) is 0 Å². The summed E-state index contributed by atoms with van der Waals surface area (Å²) < 4.78 is 0. The lowest BCUT2D eigenvalue weighted by Gasteiger charge is -2.40. The molecule has 3 aromatic carbocycles. The van der Waals surface area contributed by atoms with Crippen molar-refractivity contribution in [2.24, 2.45) is 0 Å². The Hall–Kier alpha value is -1.30. The summed E-state index contributed by atoms with van der Waals surface area (Å²) in [5.41, 5.74) is 1.26. The molecular formula is C24H24P2S2. The minimum atomic E-state index is -2.23. The molecule has 0 fully saturated rings. The largest absolute Gasteiger partial charge is 0.0869 e. The monoisotopic (exact) mass is 438 g/mol. The van der Waals surface area contributed by atoms with Gasteiger partial charge >= 0.3 is 0 Å². The van der Waals surface area contributed by atoms with Crippen molar-refractivity contribution in [1.82, 2.24) is 0 Å². The summed E-state index contributed by atoms with van der Waals surface area (Å²) in [6.07, 6.45) is 2.35. The molecule has 1 heterocycles. The molecule has 0 nitrogen and oxygen atoms in total. The van der Waals surface area contributed by atoms with Crippen LogP contribution < -0.4 is 15.9 Å². The Balaban J connectivity index is 2.09. The SMILES string of the molecule is CC(C)(C)P1(=S)C(P(=S)(c2ccccc2)c2ccccc2)=Cc2ccccc21. The van der Waals surface area contributed by atoms with Crippen molar-refractivity contribution in [3.05, 3.63) is 95.5 Å². The summed E-state index contributed by atoms with van der Waals surface area (Å²) in [4.78, 5) is 0. The number of rotatable bonds is 3. The van der Waals surface area contributed by atoms with Crippen LogP contribution in [0.5, 0.6) is 0 Å². The zero-order chi connectivity index (χ0) is 20.0. The maximum absolute atomic E-state index is 6.66. The first kappa shape index (κ1) is 20.0. The third kappa shape index (κ3) is 2.94. The Bertz CT molecular complexity index is 1100. The van der Waals surface area contributed by atoms with E-state index in [1.54, 1.807) is 0 Å².